The summed E-state index contributed by atoms with van der Waals surface area (Å²) in [6.45, 7) is 7.24. The highest BCUT2D eigenvalue weighted by Crippen LogP contribution is 2.29. The van der Waals surface area contributed by atoms with Gasteiger partial charge in [-0.1, -0.05) is 6.07 Å². The number of carbonyl (C=O) groups is 1. The summed E-state index contributed by atoms with van der Waals surface area (Å²) in [7, 11) is 3.19. The summed E-state index contributed by atoms with van der Waals surface area (Å²) < 4.78 is 16.2. The molecule has 1 fully saturated rings. The normalized spacial score (nSPS) is 20.6. The lowest BCUT2D eigenvalue weighted by Gasteiger charge is -2.44. The number of hydrogen-bond acceptors (Lipinski definition) is 4. The van der Waals surface area contributed by atoms with E-state index in [1.165, 1.54) is 0 Å². The summed E-state index contributed by atoms with van der Waals surface area (Å²) in [4.78, 5) is 14.6. The summed E-state index contributed by atoms with van der Waals surface area (Å²) >= 11 is 0. The smallest absolute Gasteiger partial charge is 0.227 e. The van der Waals surface area contributed by atoms with E-state index in [2.05, 4.69) is 0 Å². The van der Waals surface area contributed by atoms with Gasteiger partial charge in [0.1, 0.15) is 0 Å². The Balaban J connectivity index is 2.14. The first-order valence-corrected chi connectivity index (χ1v) is 7.50. The molecule has 0 radical (unpaired) electrons. The van der Waals surface area contributed by atoms with Crippen molar-refractivity contribution in [2.24, 2.45) is 0 Å². The number of nitrogens with zero attached hydrogens (tertiary/aromatic N) is 1. The summed E-state index contributed by atoms with van der Waals surface area (Å²) in [5.74, 6) is 1.41. The van der Waals surface area contributed by atoms with Gasteiger partial charge in [0.05, 0.1) is 38.9 Å². The highest BCUT2D eigenvalue weighted by Gasteiger charge is 2.36. The molecule has 2 rings (SSSR count). The van der Waals surface area contributed by atoms with Crippen LogP contribution in [0.5, 0.6) is 11.5 Å². The van der Waals surface area contributed by atoms with Gasteiger partial charge in [-0.25, -0.2) is 0 Å². The monoisotopic (exact) mass is 307 g/mol. The van der Waals surface area contributed by atoms with E-state index in [0.717, 1.165) is 5.56 Å². The molecule has 0 N–H and O–H groups in total. The molecular formula is C17H25NO4. The minimum absolute atomic E-state index is 0.0716. The second-order valence-electron chi connectivity index (χ2n) is 6.30. The number of amides is 1. The van der Waals surface area contributed by atoms with Crippen LogP contribution in [0, 0.1) is 0 Å². The maximum Gasteiger partial charge on any atom is 0.227 e. The Morgan fingerprint density at radius 2 is 2.00 bits per heavy atom. The Morgan fingerprint density at radius 3 is 2.64 bits per heavy atom. The van der Waals surface area contributed by atoms with Crippen LogP contribution in [0.1, 0.15) is 26.3 Å². The van der Waals surface area contributed by atoms with E-state index in [1.807, 2.05) is 43.9 Å². The molecule has 1 aliphatic heterocycles. The molecule has 1 saturated heterocycles. The van der Waals surface area contributed by atoms with Crippen LogP contribution >= 0.6 is 0 Å². The number of morpholine rings is 1. The Kier molecular flexibility index (Phi) is 4.96. The lowest BCUT2D eigenvalue weighted by atomic mass is 9.99. The van der Waals surface area contributed by atoms with Gasteiger partial charge in [0.2, 0.25) is 5.91 Å². The molecule has 0 aliphatic carbocycles. The van der Waals surface area contributed by atoms with Crippen molar-refractivity contribution < 1.29 is 19.0 Å². The fraction of sp³-hybridized carbons (Fsp3) is 0.588. The number of rotatable bonds is 4. The molecule has 5 heteroatoms. The van der Waals surface area contributed by atoms with Gasteiger partial charge in [-0.2, -0.15) is 0 Å². The zero-order valence-corrected chi connectivity index (χ0v) is 14.0. The number of benzene rings is 1. The third-order valence-corrected chi connectivity index (χ3v) is 4.00. The molecule has 22 heavy (non-hydrogen) atoms. The molecular weight excluding hydrogens is 282 g/mol. The third-order valence-electron chi connectivity index (χ3n) is 4.00. The van der Waals surface area contributed by atoms with Gasteiger partial charge in [0, 0.05) is 6.54 Å². The van der Waals surface area contributed by atoms with E-state index in [4.69, 9.17) is 14.2 Å². The number of ether oxygens (including phenoxy) is 3. The van der Waals surface area contributed by atoms with Gasteiger partial charge in [0.15, 0.2) is 11.5 Å². The van der Waals surface area contributed by atoms with Crippen molar-refractivity contribution in [2.75, 3.05) is 27.4 Å². The minimum Gasteiger partial charge on any atom is -0.493 e. The summed E-state index contributed by atoms with van der Waals surface area (Å²) in [6, 6.07) is 5.58. The highest BCUT2D eigenvalue weighted by atomic mass is 16.5. The van der Waals surface area contributed by atoms with E-state index in [0.29, 0.717) is 31.1 Å². The van der Waals surface area contributed by atoms with Crippen molar-refractivity contribution in [1.82, 2.24) is 4.90 Å². The molecule has 0 saturated carbocycles. The zero-order chi connectivity index (χ0) is 16.3. The van der Waals surface area contributed by atoms with Crippen LogP contribution in [0.4, 0.5) is 0 Å². The molecule has 0 bridgehead atoms. The molecule has 0 spiro atoms. The van der Waals surface area contributed by atoms with Crippen LogP contribution in [-0.2, 0) is 16.0 Å². The quantitative estimate of drug-likeness (QED) is 0.856. The summed E-state index contributed by atoms with van der Waals surface area (Å²) in [6.07, 6.45) is 0.415. The van der Waals surface area contributed by atoms with E-state index in [1.54, 1.807) is 14.2 Å². The Labute approximate surface area is 132 Å². The molecule has 1 heterocycles. The van der Waals surface area contributed by atoms with Crippen molar-refractivity contribution in [2.45, 2.75) is 38.8 Å². The van der Waals surface area contributed by atoms with Crippen molar-refractivity contribution in [3.63, 3.8) is 0 Å². The van der Waals surface area contributed by atoms with E-state index in [-0.39, 0.29) is 17.6 Å². The van der Waals surface area contributed by atoms with Gasteiger partial charge >= 0.3 is 0 Å². The number of carbonyl (C=O) groups excluding carboxylic acids is 1. The highest BCUT2D eigenvalue weighted by molar-refractivity contribution is 5.80. The van der Waals surface area contributed by atoms with Crippen molar-refractivity contribution in [3.05, 3.63) is 23.8 Å². The molecule has 1 aromatic rings. The summed E-state index contributed by atoms with van der Waals surface area (Å²) in [5, 5.41) is 0. The Morgan fingerprint density at radius 1 is 1.32 bits per heavy atom. The number of hydrogen-bond donors (Lipinski definition) is 0. The second kappa shape index (κ2) is 6.57. The molecule has 1 aromatic carbocycles. The topological polar surface area (TPSA) is 48.0 Å². The van der Waals surface area contributed by atoms with Crippen molar-refractivity contribution in [3.8, 4) is 11.5 Å². The zero-order valence-electron chi connectivity index (χ0n) is 14.0. The first-order valence-electron chi connectivity index (χ1n) is 7.50. The largest absolute Gasteiger partial charge is 0.493 e. The molecule has 1 aliphatic rings. The lowest BCUT2D eigenvalue weighted by Crippen LogP contribution is -2.58. The molecule has 1 atom stereocenters. The first kappa shape index (κ1) is 16.6. The first-order chi connectivity index (χ1) is 10.4. The van der Waals surface area contributed by atoms with E-state index in [9.17, 15) is 4.79 Å². The van der Waals surface area contributed by atoms with Crippen LogP contribution in [0.2, 0.25) is 0 Å². The van der Waals surface area contributed by atoms with Crippen molar-refractivity contribution in [1.29, 1.82) is 0 Å². The Hall–Kier alpha value is -1.75. The average molecular weight is 307 g/mol. The van der Waals surface area contributed by atoms with Gasteiger partial charge in [-0.05, 0) is 38.5 Å². The van der Waals surface area contributed by atoms with Gasteiger partial charge in [-0.3, -0.25) is 4.79 Å². The minimum atomic E-state index is -0.278. The van der Waals surface area contributed by atoms with E-state index < -0.39 is 0 Å². The van der Waals surface area contributed by atoms with Gasteiger partial charge in [-0.15, -0.1) is 0 Å². The molecule has 1 amide bonds. The molecule has 0 unspecified atom stereocenters. The van der Waals surface area contributed by atoms with Crippen LogP contribution in [-0.4, -0.2) is 49.8 Å². The molecule has 0 aromatic heterocycles. The van der Waals surface area contributed by atoms with Crippen LogP contribution in [0.15, 0.2) is 18.2 Å². The molecule has 5 nitrogen and oxygen atoms in total. The predicted octanol–water partition coefficient (Wildman–Crippen LogP) is 2.27. The SMILES string of the molecule is COc1ccc(CC(=O)N2C[C@H](C)OCC2(C)C)cc1OC. The van der Waals surface area contributed by atoms with Crippen LogP contribution in [0.25, 0.3) is 0 Å². The van der Waals surface area contributed by atoms with Gasteiger partial charge in [0.25, 0.3) is 0 Å². The third kappa shape index (κ3) is 3.53. The fourth-order valence-corrected chi connectivity index (χ4v) is 2.68. The van der Waals surface area contributed by atoms with Crippen LogP contribution < -0.4 is 9.47 Å². The Bertz CT molecular complexity index is 541. The van der Waals surface area contributed by atoms with E-state index >= 15 is 0 Å². The van der Waals surface area contributed by atoms with Crippen molar-refractivity contribution >= 4 is 5.91 Å². The maximum absolute atomic E-state index is 12.7. The van der Waals surface area contributed by atoms with Crippen LogP contribution in [0.3, 0.4) is 0 Å². The predicted molar refractivity (Wildman–Crippen MR) is 84.5 cm³/mol. The second-order valence-corrected chi connectivity index (χ2v) is 6.30. The average Bonchev–Trinajstić information content (AvgIpc) is 2.49. The fourth-order valence-electron chi connectivity index (χ4n) is 2.68. The number of methoxy groups -OCH3 is 2. The standard InChI is InChI=1S/C17H25NO4/c1-12-10-18(17(2,3)11-22-12)16(19)9-13-6-7-14(20-4)15(8-13)21-5/h6-8,12H,9-11H2,1-5H3/t12-/m0/s1. The maximum atomic E-state index is 12.7. The summed E-state index contributed by atoms with van der Waals surface area (Å²) in [5.41, 5.74) is 0.637. The lowest BCUT2D eigenvalue weighted by molar-refractivity contribution is -0.152. The van der Waals surface area contributed by atoms with Gasteiger partial charge < -0.3 is 19.1 Å². The molecule has 122 valence electrons.